The predicted molar refractivity (Wildman–Crippen MR) is 90.8 cm³/mol. The molecule has 0 bridgehead atoms. The van der Waals surface area contributed by atoms with Gasteiger partial charge in [0.2, 0.25) is 5.91 Å². The molecule has 26 heavy (non-hydrogen) atoms. The third-order valence-electron chi connectivity index (χ3n) is 4.87. The Labute approximate surface area is 150 Å². The lowest BCUT2D eigenvalue weighted by atomic mass is 9.93. The summed E-state index contributed by atoms with van der Waals surface area (Å²) >= 11 is 0. The number of carbonyl (C=O) groups excluding carboxylic acids is 1. The van der Waals surface area contributed by atoms with E-state index in [-0.39, 0.29) is 23.4 Å². The Hall–Kier alpha value is -2.12. The number of amides is 1. The zero-order valence-electron chi connectivity index (χ0n) is 15.2. The fraction of sp³-hybridized carbons (Fsp3) is 0.611. The number of fused-ring (bicyclic) bond motifs is 1. The van der Waals surface area contributed by atoms with Gasteiger partial charge in [0.25, 0.3) is 0 Å². The van der Waals surface area contributed by atoms with Gasteiger partial charge in [-0.2, -0.15) is 18.3 Å². The minimum absolute atomic E-state index is 0.0408. The van der Waals surface area contributed by atoms with Crippen LogP contribution in [0, 0.1) is 5.92 Å². The fourth-order valence-corrected chi connectivity index (χ4v) is 3.39. The van der Waals surface area contributed by atoms with Crippen LogP contribution in [0.15, 0.2) is 12.1 Å². The van der Waals surface area contributed by atoms with E-state index in [4.69, 9.17) is 0 Å². The number of hydrogen-bond donors (Lipinski definition) is 0. The van der Waals surface area contributed by atoms with Gasteiger partial charge in [-0.15, -0.1) is 0 Å². The highest BCUT2D eigenvalue weighted by atomic mass is 19.4. The Kier molecular flexibility index (Phi) is 4.94. The van der Waals surface area contributed by atoms with Crippen LogP contribution >= 0.6 is 0 Å². The lowest BCUT2D eigenvalue weighted by Crippen LogP contribution is -2.40. The molecule has 2 aromatic heterocycles. The average Bonchev–Trinajstić information content (AvgIpc) is 3.03. The number of alkyl halides is 3. The molecule has 0 aromatic carbocycles. The minimum Gasteiger partial charge on any atom is -0.342 e. The van der Waals surface area contributed by atoms with Crippen molar-refractivity contribution < 1.29 is 18.0 Å². The zero-order valence-corrected chi connectivity index (χ0v) is 15.2. The minimum atomic E-state index is -4.48. The van der Waals surface area contributed by atoms with E-state index < -0.39 is 11.9 Å². The van der Waals surface area contributed by atoms with E-state index in [0.29, 0.717) is 43.7 Å². The van der Waals surface area contributed by atoms with Crippen LogP contribution in [0.5, 0.6) is 0 Å². The number of nitrogens with zero attached hydrogens (tertiary/aromatic N) is 4. The topological polar surface area (TPSA) is 50.5 Å². The summed E-state index contributed by atoms with van der Waals surface area (Å²) < 4.78 is 41.0. The van der Waals surface area contributed by atoms with Crippen LogP contribution in [0.3, 0.4) is 0 Å². The van der Waals surface area contributed by atoms with E-state index in [1.807, 2.05) is 18.7 Å². The molecule has 1 amide bonds. The fourth-order valence-electron chi connectivity index (χ4n) is 3.39. The van der Waals surface area contributed by atoms with Crippen LogP contribution in [0.1, 0.15) is 56.6 Å². The second-order valence-electron chi connectivity index (χ2n) is 7.08. The number of likely N-dealkylation sites (tertiary alicyclic amines) is 1. The summed E-state index contributed by atoms with van der Waals surface area (Å²) in [5.74, 6) is 0.110. The molecule has 8 heteroatoms. The van der Waals surface area contributed by atoms with Gasteiger partial charge in [0, 0.05) is 36.7 Å². The standard InChI is InChI=1S/C18H23F3N4O/c1-4-13-9-15(18(19,20)21)25-16(22-13)10-14(23-25)12-5-7-24(8-6-12)17(26)11(2)3/h9-12H,4-8H2,1-3H3. The summed E-state index contributed by atoms with van der Waals surface area (Å²) in [6, 6.07) is 2.71. The number of halogens is 3. The molecule has 0 N–H and O–H groups in total. The third kappa shape index (κ3) is 3.54. The Morgan fingerprint density at radius 1 is 1.27 bits per heavy atom. The van der Waals surface area contributed by atoms with Crippen molar-refractivity contribution in [3.05, 3.63) is 29.2 Å². The molecule has 1 saturated heterocycles. The van der Waals surface area contributed by atoms with Gasteiger partial charge in [-0.05, 0) is 25.3 Å². The van der Waals surface area contributed by atoms with Crippen molar-refractivity contribution in [1.82, 2.24) is 19.5 Å². The lowest BCUT2D eigenvalue weighted by Gasteiger charge is -2.32. The molecule has 5 nitrogen and oxygen atoms in total. The highest BCUT2D eigenvalue weighted by Gasteiger charge is 2.35. The molecule has 1 aliphatic heterocycles. The van der Waals surface area contributed by atoms with Crippen molar-refractivity contribution >= 4 is 11.6 Å². The summed E-state index contributed by atoms with van der Waals surface area (Å²) in [4.78, 5) is 18.2. The predicted octanol–water partition coefficient (Wildman–Crippen LogP) is 3.67. The molecule has 0 radical (unpaired) electrons. The average molecular weight is 368 g/mol. The Morgan fingerprint density at radius 2 is 1.92 bits per heavy atom. The first kappa shape index (κ1) is 18.7. The van der Waals surface area contributed by atoms with Crippen LogP contribution in [-0.4, -0.2) is 38.5 Å². The SMILES string of the molecule is CCc1cc(C(F)(F)F)n2nc(C3CCN(C(=O)C(C)C)CC3)cc2n1. The first-order chi connectivity index (χ1) is 12.2. The highest BCUT2D eigenvalue weighted by Crippen LogP contribution is 2.33. The second kappa shape index (κ2) is 6.89. The van der Waals surface area contributed by atoms with Gasteiger partial charge in [-0.1, -0.05) is 20.8 Å². The maximum Gasteiger partial charge on any atom is 0.433 e. The summed E-state index contributed by atoms with van der Waals surface area (Å²) in [7, 11) is 0. The van der Waals surface area contributed by atoms with E-state index in [1.54, 1.807) is 13.0 Å². The van der Waals surface area contributed by atoms with Crippen LogP contribution < -0.4 is 0 Å². The molecule has 0 unspecified atom stereocenters. The molecule has 1 fully saturated rings. The van der Waals surface area contributed by atoms with Crippen LogP contribution in [0.4, 0.5) is 13.2 Å². The number of aryl methyl sites for hydroxylation is 1. The first-order valence-electron chi connectivity index (χ1n) is 8.96. The zero-order chi connectivity index (χ0) is 19.1. The van der Waals surface area contributed by atoms with E-state index in [1.165, 1.54) is 0 Å². The normalized spacial score (nSPS) is 16.7. The Balaban J connectivity index is 1.87. The van der Waals surface area contributed by atoms with Gasteiger partial charge in [-0.3, -0.25) is 4.79 Å². The molecule has 142 valence electrons. The number of piperidine rings is 1. The first-order valence-corrected chi connectivity index (χ1v) is 8.96. The van der Waals surface area contributed by atoms with Crippen LogP contribution in [-0.2, 0) is 17.4 Å². The lowest BCUT2D eigenvalue weighted by molar-refractivity contribution is -0.142. The molecule has 3 rings (SSSR count). The number of rotatable bonds is 3. The van der Waals surface area contributed by atoms with E-state index in [9.17, 15) is 18.0 Å². The molecular formula is C18H23F3N4O. The molecule has 3 heterocycles. The van der Waals surface area contributed by atoms with Gasteiger partial charge in [0.1, 0.15) is 5.69 Å². The molecule has 0 atom stereocenters. The summed E-state index contributed by atoms with van der Waals surface area (Å²) in [6.07, 6.45) is -2.66. The van der Waals surface area contributed by atoms with Gasteiger partial charge >= 0.3 is 6.18 Å². The molecular weight excluding hydrogens is 345 g/mol. The number of carbonyl (C=O) groups is 1. The summed E-state index contributed by atoms with van der Waals surface area (Å²) in [5, 5.41) is 4.21. The van der Waals surface area contributed by atoms with Gasteiger partial charge in [0.05, 0.1) is 5.69 Å². The van der Waals surface area contributed by atoms with Crippen molar-refractivity contribution in [3.63, 3.8) is 0 Å². The maximum atomic E-state index is 13.4. The van der Waals surface area contributed by atoms with Gasteiger partial charge in [-0.25, -0.2) is 9.50 Å². The van der Waals surface area contributed by atoms with Gasteiger partial charge in [0.15, 0.2) is 5.65 Å². The highest BCUT2D eigenvalue weighted by molar-refractivity contribution is 5.78. The van der Waals surface area contributed by atoms with E-state index in [2.05, 4.69) is 10.1 Å². The Morgan fingerprint density at radius 3 is 2.46 bits per heavy atom. The van der Waals surface area contributed by atoms with E-state index in [0.717, 1.165) is 10.6 Å². The largest absolute Gasteiger partial charge is 0.433 e. The maximum absolute atomic E-state index is 13.4. The smallest absolute Gasteiger partial charge is 0.342 e. The number of aromatic nitrogens is 3. The van der Waals surface area contributed by atoms with Crippen molar-refractivity contribution in [1.29, 1.82) is 0 Å². The Bertz CT molecular complexity index is 805. The van der Waals surface area contributed by atoms with Gasteiger partial charge < -0.3 is 4.90 Å². The van der Waals surface area contributed by atoms with Crippen LogP contribution in [0.25, 0.3) is 5.65 Å². The number of hydrogen-bond acceptors (Lipinski definition) is 3. The third-order valence-corrected chi connectivity index (χ3v) is 4.87. The quantitative estimate of drug-likeness (QED) is 0.831. The second-order valence-corrected chi connectivity index (χ2v) is 7.08. The summed E-state index contributed by atoms with van der Waals surface area (Å²) in [6.45, 7) is 6.72. The molecule has 0 aliphatic carbocycles. The van der Waals surface area contributed by atoms with Crippen molar-refractivity contribution in [2.45, 2.75) is 52.1 Å². The van der Waals surface area contributed by atoms with E-state index >= 15 is 0 Å². The monoisotopic (exact) mass is 368 g/mol. The van der Waals surface area contributed by atoms with Crippen molar-refractivity contribution in [2.24, 2.45) is 5.92 Å². The molecule has 2 aromatic rings. The molecule has 0 spiro atoms. The van der Waals surface area contributed by atoms with Crippen LogP contribution in [0.2, 0.25) is 0 Å². The summed E-state index contributed by atoms with van der Waals surface area (Å²) in [5.41, 5.74) is 0.451. The van der Waals surface area contributed by atoms with Crippen molar-refractivity contribution in [3.8, 4) is 0 Å². The molecule has 1 aliphatic rings. The molecule has 0 saturated carbocycles. The van der Waals surface area contributed by atoms with Crippen molar-refractivity contribution in [2.75, 3.05) is 13.1 Å².